The van der Waals surface area contributed by atoms with Crippen molar-refractivity contribution in [1.82, 2.24) is 4.90 Å². The molecule has 0 saturated carbocycles. The number of ether oxygens (including phenoxy) is 2. The van der Waals surface area contributed by atoms with Gasteiger partial charge in [0.05, 0.1) is 10.6 Å². The quantitative estimate of drug-likeness (QED) is 0.419. The number of carbonyl (C=O) groups is 3. The SMILES string of the molecule is CC1CCN(C(=O)COC(=O)CN2C(=O)COc3ccc([N+](=O)[O-])cc32)CC1. The van der Waals surface area contributed by atoms with Gasteiger partial charge in [0.15, 0.2) is 13.2 Å². The summed E-state index contributed by atoms with van der Waals surface area (Å²) in [6.07, 6.45) is 1.83. The van der Waals surface area contributed by atoms with Crippen molar-refractivity contribution in [3.05, 3.63) is 28.3 Å². The number of esters is 1. The van der Waals surface area contributed by atoms with Gasteiger partial charge in [0.1, 0.15) is 12.3 Å². The molecular weight excluding hydrogens is 370 g/mol. The zero-order chi connectivity index (χ0) is 20.3. The van der Waals surface area contributed by atoms with Gasteiger partial charge in [0.2, 0.25) is 0 Å². The maximum absolute atomic E-state index is 12.2. The van der Waals surface area contributed by atoms with E-state index in [2.05, 4.69) is 6.92 Å². The Balaban J connectivity index is 1.61. The Labute approximate surface area is 161 Å². The van der Waals surface area contributed by atoms with Crippen LogP contribution in [0.4, 0.5) is 11.4 Å². The molecule has 28 heavy (non-hydrogen) atoms. The van der Waals surface area contributed by atoms with Crippen molar-refractivity contribution in [2.75, 3.05) is 37.7 Å². The number of hydrogen-bond donors (Lipinski definition) is 0. The van der Waals surface area contributed by atoms with Crippen molar-refractivity contribution in [1.29, 1.82) is 0 Å². The van der Waals surface area contributed by atoms with Gasteiger partial charge in [0.25, 0.3) is 17.5 Å². The summed E-state index contributed by atoms with van der Waals surface area (Å²) in [6, 6.07) is 3.79. The summed E-state index contributed by atoms with van der Waals surface area (Å²) in [7, 11) is 0. The van der Waals surface area contributed by atoms with Crippen molar-refractivity contribution in [2.45, 2.75) is 19.8 Å². The fourth-order valence-electron chi connectivity index (χ4n) is 3.14. The summed E-state index contributed by atoms with van der Waals surface area (Å²) in [5, 5.41) is 11.0. The van der Waals surface area contributed by atoms with E-state index in [1.54, 1.807) is 4.90 Å². The van der Waals surface area contributed by atoms with E-state index in [-0.39, 0.29) is 29.6 Å². The Morgan fingerprint density at radius 3 is 2.71 bits per heavy atom. The summed E-state index contributed by atoms with van der Waals surface area (Å²) < 4.78 is 10.3. The molecule has 1 saturated heterocycles. The van der Waals surface area contributed by atoms with E-state index in [4.69, 9.17) is 9.47 Å². The summed E-state index contributed by atoms with van der Waals surface area (Å²) in [5.41, 5.74) is -0.108. The highest BCUT2D eigenvalue weighted by Gasteiger charge is 2.30. The fourth-order valence-corrected chi connectivity index (χ4v) is 3.14. The Bertz CT molecular complexity index is 802. The third-order valence-electron chi connectivity index (χ3n) is 4.88. The van der Waals surface area contributed by atoms with E-state index in [9.17, 15) is 24.5 Å². The van der Waals surface area contributed by atoms with Crippen LogP contribution in [-0.2, 0) is 19.1 Å². The number of carbonyl (C=O) groups excluding carboxylic acids is 3. The first-order valence-electron chi connectivity index (χ1n) is 9.00. The molecule has 2 aliphatic rings. The van der Waals surface area contributed by atoms with Gasteiger partial charge in [0, 0.05) is 25.2 Å². The lowest BCUT2D eigenvalue weighted by atomic mass is 9.99. The minimum Gasteiger partial charge on any atom is -0.482 e. The molecule has 0 N–H and O–H groups in total. The molecule has 0 atom stereocenters. The minimum absolute atomic E-state index is 0.124. The largest absolute Gasteiger partial charge is 0.482 e. The molecule has 1 aromatic carbocycles. The van der Waals surface area contributed by atoms with Crippen LogP contribution in [0, 0.1) is 16.0 Å². The van der Waals surface area contributed by atoms with E-state index in [1.807, 2.05) is 0 Å². The van der Waals surface area contributed by atoms with Gasteiger partial charge < -0.3 is 14.4 Å². The highest BCUT2D eigenvalue weighted by Crippen LogP contribution is 2.35. The number of fused-ring (bicyclic) bond motifs is 1. The molecule has 10 heteroatoms. The lowest BCUT2D eigenvalue weighted by Gasteiger charge is -2.30. The van der Waals surface area contributed by atoms with Gasteiger partial charge in [-0.2, -0.15) is 0 Å². The first-order valence-corrected chi connectivity index (χ1v) is 9.00. The maximum atomic E-state index is 12.2. The number of nitrogens with zero attached hydrogens (tertiary/aromatic N) is 3. The Hall–Kier alpha value is -3.17. The number of benzene rings is 1. The molecule has 10 nitrogen and oxygen atoms in total. The van der Waals surface area contributed by atoms with Crippen molar-refractivity contribution in [2.24, 2.45) is 5.92 Å². The van der Waals surface area contributed by atoms with Gasteiger partial charge >= 0.3 is 5.97 Å². The van der Waals surface area contributed by atoms with Crippen LogP contribution in [0.2, 0.25) is 0 Å². The lowest BCUT2D eigenvalue weighted by Crippen LogP contribution is -2.44. The van der Waals surface area contributed by atoms with Crippen LogP contribution in [0.1, 0.15) is 19.8 Å². The van der Waals surface area contributed by atoms with Crippen molar-refractivity contribution < 1.29 is 28.8 Å². The number of hydrogen-bond acceptors (Lipinski definition) is 7. The lowest BCUT2D eigenvalue weighted by molar-refractivity contribution is -0.384. The Morgan fingerprint density at radius 2 is 2.04 bits per heavy atom. The van der Waals surface area contributed by atoms with Crippen LogP contribution >= 0.6 is 0 Å². The Kier molecular flexibility index (Phi) is 5.76. The second-order valence-corrected chi connectivity index (χ2v) is 6.90. The summed E-state index contributed by atoms with van der Waals surface area (Å²) >= 11 is 0. The van der Waals surface area contributed by atoms with Gasteiger partial charge in [-0.25, -0.2) is 0 Å². The molecule has 2 aliphatic heterocycles. The molecule has 0 radical (unpaired) electrons. The maximum Gasteiger partial charge on any atom is 0.326 e. The minimum atomic E-state index is -0.772. The average Bonchev–Trinajstić information content (AvgIpc) is 2.68. The number of anilines is 1. The molecule has 0 unspecified atom stereocenters. The molecule has 0 bridgehead atoms. The predicted molar refractivity (Wildman–Crippen MR) is 96.9 cm³/mol. The normalized spacial score (nSPS) is 17.0. The number of likely N-dealkylation sites (tertiary alicyclic amines) is 1. The summed E-state index contributed by atoms with van der Waals surface area (Å²) in [5.74, 6) is -0.739. The Morgan fingerprint density at radius 1 is 1.32 bits per heavy atom. The third-order valence-corrected chi connectivity index (χ3v) is 4.88. The highest BCUT2D eigenvalue weighted by atomic mass is 16.6. The topological polar surface area (TPSA) is 119 Å². The standard InChI is InChI=1S/C18H21N3O7/c1-12-4-6-19(7-5-12)16(22)10-28-18(24)9-20-14-8-13(21(25)26)2-3-15(14)27-11-17(20)23/h2-3,8,12H,4-7,9-11H2,1H3. The zero-order valence-corrected chi connectivity index (χ0v) is 15.5. The molecular formula is C18H21N3O7. The molecule has 0 aliphatic carbocycles. The molecule has 1 aromatic rings. The first-order chi connectivity index (χ1) is 13.3. The first kappa shape index (κ1) is 19.6. The predicted octanol–water partition coefficient (Wildman–Crippen LogP) is 1.12. The van der Waals surface area contributed by atoms with Gasteiger partial charge in [-0.15, -0.1) is 0 Å². The van der Waals surface area contributed by atoms with E-state index in [0.717, 1.165) is 17.7 Å². The van der Waals surface area contributed by atoms with Gasteiger partial charge in [-0.05, 0) is 24.8 Å². The number of non-ortho nitro benzene ring substituents is 1. The van der Waals surface area contributed by atoms with Crippen LogP contribution in [0.5, 0.6) is 5.75 Å². The highest BCUT2D eigenvalue weighted by molar-refractivity contribution is 6.01. The summed E-state index contributed by atoms with van der Waals surface area (Å²) in [4.78, 5) is 49.6. The molecule has 1 fully saturated rings. The molecule has 0 spiro atoms. The van der Waals surface area contributed by atoms with Crippen LogP contribution in [0.15, 0.2) is 18.2 Å². The van der Waals surface area contributed by atoms with Crippen LogP contribution < -0.4 is 9.64 Å². The van der Waals surface area contributed by atoms with Crippen LogP contribution in [0.25, 0.3) is 0 Å². The van der Waals surface area contributed by atoms with Crippen molar-refractivity contribution >= 4 is 29.2 Å². The van der Waals surface area contributed by atoms with E-state index < -0.39 is 30.0 Å². The summed E-state index contributed by atoms with van der Waals surface area (Å²) in [6.45, 7) is 2.26. The molecule has 150 valence electrons. The van der Waals surface area contributed by atoms with E-state index in [1.165, 1.54) is 18.2 Å². The smallest absolute Gasteiger partial charge is 0.326 e. The fraction of sp³-hybridized carbons (Fsp3) is 0.500. The van der Waals surface area contributed by atoms with Crippen LogP contribution in [-0.4, -0.2) is 60.5 Å². The van der Waals surface area contributed by atoms with E-state index >= 15 is 0 Å². The third kappa shape index (κ3) is 4.38. The molecule has 0 aromatic heterocycles. The van der Waals surface area contributed by atoms with Crippen molar-refractivity contribution in [3.63, 3.8) is 0 Å². The van der Waals surface area contributed by atoms with E-state index in [0.29, 0.717) is 19.0 Å². The van der Waals surface area contributed by atoms with Gasteiger partial charge in [-0.1, -0.05) is 6.92 Å². The number of nitro groups is 1. The van der Waals surface area contributed by atoms with Crippen LogP contribution in [0.3, 0.4) is 0 Å². The number of rotatable bonds is 5. The number of amides is 2. The molecule has 2 heterocycles. The van der Waals surface area contributed by atoms with Crippen molar-refractivity contribution in [3.8, 4) is 5.75 Å². The molecule has 3 rings (SSSR count). The number of piperidine rings is 1. The molecule has 2 amide bonds. The second-order valence-electron chi connectivity index (χ2n) is 6.90. The average molecular weight is 391 g/mol. The second kappa shape index (κ2) is 8.24. The zero-order valence-electron chi connectivity index (χ0n) is 15.5. The monoisotopic (exact) mass is 391 g/mol. The van der Waals surface area contributed by atoms with Gasteiger partial charge in [-0.3, -0.25) is 29.4 Å². The number of nitro benzene ring substituents is 1.